The van der Waals surface area contributed by atoms with Crippen LogP contribution >= 0.6 is 0 Å². The van der Waals surface area contributed by atoms with Crippen LogP contribution in [-0.2, 0) is 12.3 Å². The second-order valence-corrected chi connectivity index (χ2v) is 27.0. The average molecular weight is 423 g/mol. The molecule has 150 valence electrons. The van der Waals surface area contributed by atoms with Gasteiger partial charge in [-0.1, -0.05) is 0 Å². The van der Waals surface area contributed by atoms with Crippen molar-refractivity contribution in [3.63, 3.8) is 0 Å². The average Bonchev–Trinajstić information content (AvgIpc) is 2.33. The molecule has 1 saturated heterocycles. The molecule has 0 unspecified atom stereocenters. The minimum atomic E-state index is -2.64. The molecule has 1 heterocycles. The lowest BCUT2D eigenvalue weighted by Gasteiger charge is -2.43. The summed E-state index contributed by atoms with van der Waals surface area (Å²) in [6, 6.07) is 0.954. The molecule has 0 saturated carbocycles. The predicted octanol–water partition coefficient (Wildman–Crippen LogP) is 3.78. The zero-order valence-electron chi connectivity index (χ0n) is 18.1. The van der Waals surface area contributed by atoms with E-state index in [0.717, 1.165) is 45.2 Å². The molecule has 0 aliphatic carbocycles. The van der Waals surface area contributed by atoms with Crippen molar-refractivity contribution < 1.29 is 12.3 Å². The van der Waals surface area contributed by atoms with Crippen molar-refractivity contribution in [3.8, 4) is 0 Å². The summed E-state index contributed by atoms with van der Waals surface area (Å²) in [6.45, 7) is 25.9. The molecular formula is C16H42N2O3Si4. The highest BCUT2D eigenvalue weighted by atomic mass is 28.5. The summed E-state index contributed by atoms with van der Waals surface area (Å²) in [6.07, 6.45) is 1.10. The van der Waals surface area contributed by atoms with Crippen LogP contribution in [0, 0.1) is 0 Å². The first-order valence-corrected chi connectivity index (χ1v) is 21.9. The van der Waals surface area contributed by atoms with Crippen molar-refractivity contribution in [2.24, 2.45) is 0 Å². The van der Waals surface area contributed by atoms with Gasteiger partial charge in [-0.25, -0.2) is 0 Å². The number of hydrogen-bond donors (Lipinski definition) is 1. The number of piperazine rings is 1. The molecule has 1 aliphatic heterocycles. The van der Waals surface area contributed by atoms with Gasteiger partial charge >= 0.3 is 8.80 Å². The standard InChI is InChI=1S/C16H42N2O3Si4/c1-22(2,3)19-25(20-23(4,5)6,21-24(7,8)9)16-10-13-18-14-11-17-12-15-18/h17H,10-16H2,1-9H3. The maximum atomic E-state index is 6.74. The van der Waals surface area contributed by atoms with Crippen LogP contribution in [0.1, 0.15) is 6.42 Å². The maximum absolute atomic E-state index is 6.74. The molecule has 0 aromatic heterocycles. The lowest BCUT2D eigenvalue weighted by atomic mass is 10.3. The van der Waals surface area contributed by atoms with E-state index in [1.54, 1.807) is 0 Å². The Morgan fingerprint density at radius 3 is 1.48 bits per heavy atom. The molecule has 1 rings (SSSR count). The Morgan fingerprint density at radius 1 is 0.720 bits per heavy atom. The predicted molar refractivity (Wildman–Crippen MR) is 118 cm³/mol. The van der Waals surface area contributed by atoms with Gasteiger partial charge in [0.05, 0.1) is 0 Å². The van der Waals surface area contributed by atoms with E-state index in [-0.39, 0.29) is 0 Å². The number of hydrogen-bond acceptors (Lipinski definition) is 5. The zero-order valence-corrected chi connectivity index (χ0v) is 22.1. The first-order valence-electron chi connectivity index (χ1n) is 9.73. The van der Waals surface area contributed by atoms with E-state index in [0.29, 0.717) is 0 Å². The molecule has 25 heavy (non-hydrogen) atoms. The Morgan fingerprint density at radius 2 is 1.12 bits per heavy atom. The summed E-state index contributed by atoms with van der Waals surface area (Å²) in [5, 5.41) is 3.42. The molecule has 0 spiro atoms. The molecule has 0 aromatic carbocycles. The molecule has 0 amide bonds. The quantitative estimate of drug-likeness (QED) is 0.543. The van der Waals surface area contributed by atoms with Crippen LogP contribution in [0.4, 0.5) is 0 Å². The summed E-state index contributed by atoms with van der Waals surface area (Å²) in [5.41, 5.74) is 0. The summed E-state index contributed by atoms with van der Waals surface area (Å²) in [4.78, 5) is 2.55. The van der Waals surface area contributed by atoms with Crippen molar-refractivity contribution in [2.45, 2.75) is 71.4 Å². The van der Waals surface area contributed by atoms with Crippen molar-refractivity contribution in [1.82, 2.24) is 10.2 Å². The molecule has 9 heteroatoms. The van der Waals surface area contributed by atoms with Gasteiger partial charge in [-0.15, -0.1) is 0 Å². The summed E-state index contributed by atoms with van der Waals surface area (Å²) < 4.78 is 20.2. The monoisotopic (exact) mass is 422 g/mol. The van der Waals surface area contributed by atoms with E-state index in [9.17, 15) is 0 Å². The Labute approximate surface area is 160 Å². The second kappa shape index (κ2) is 9.24. The van der Waals surface area contributed by atoms with E-state index in [1.165, 1.54) is 0 Å². The topological polar surface area (TPSA) is 43.0 Å². The molecule has 1 fully saturated rings. The van der Waals surface area contributed by atoms with E-state index >= 15 is 0 Å². The van der Waals surface area contributed by atoms with Gasteiger partial charge in [0, 0.05) is 32.2 Å². The fourth-order valence-electron chi connectivity index (χ4n) is 3.07. The van der Waals surface area contributed by atoms with Gasteiger partial charge in [-0.05, 0) is 71.9 Å². The number of nitrogens with one attached hydrogen (secondary N) is 1. The Bertz CT molecular complexity index is 359. The fraction of sp³-hybridized carbons (Fsp3) is 1.00. The minimum absolute atomic E-state index is 0.954. The third-order valence-electron chi connectivity index (χ3n) is 3.55. The smallest absolute Gasteiger partial charge is 0.417 e. The van der Waals surface area contributed by atoms with Gasteiger partial charge in [-0.2, -0.15) is 0 Å². The number of rotatable bonds is 10. The molecule has 1 aliphatic rings. The minimum Gasteiger partial charge on any atom is -0.417 e. The largest absolute Gasteiger partial charge is 0.469 e. The highest BCUT2D eigenvalue weighted by Gasteiger charge is 2.49. The van der Waals surface area contributed by atoms with Gasteiger partial charge in [0.25, 0.3) is 0 Å². The third-order valence-corrected chi connectivity index (χ3v) is 15.6. The van der Waals surface area contributed by atoms with E-state index < -0.39 is 33.8 Å². The first-order chi connectivity index (χ1) is 11.2. The van der Waals surface area contributed by atoms with Crippen LogP contribution in [0.2, 0.25) is 65.0 Å². The summed E-state index contributed by atoms with van der Waals surface area (Å²) in [7, 11) is -7.89. The van der Waals surface area contributed by atoms with Crippen molar-refractivity contribution >= 4 is 33.8 Å². The molecule has 1 N–H and O–H groups in total. The van der Waals surface area contributed by atoms with Crippen LogP contribution in [0.25, 0.3) is 0 Å². The molecule has 0 radical (unpaired) electrons. The molecule has 0 aromatic rings. The third kappa shape index (κ3) is 11.2. The van der Waals surface area contributed by atoms with Crippen molar-refractivity contribution in [1.29, 1.82) is 0 Å². The van der Waals surface area contributed by atoms with E-state index in [2.05, 4.69) is 69.1 Å². The fourth-order valence-corrected chi connectivity index (χ4v) is 17.7. The molecule has 0 atom stereocenters. The van der Waals surface area contributed by atoms with E-state index in [4.69, 9.17) is 12.3 Å². The second-order valence-electron chi connectivity index (χ2n) is 10.0. The van der Waals surface area contributed by atoms with Gasteiger partial charge < -0.3 is 22.6 Å². The normalized spacial score (nSPS) is 18.6. The molecule has 5 nitrogen and oxygen atoms in total. The molecule has 0 bridgehead atoms. The zero-order chi connectivity index (χ0) is 19.4. The lowest BCUT2D eigenvalue weighted by Crippen LogP contribution is -2.60. The Kier molecular flexibility index (Phi) is 8.76. The van der Waals surface area contributed by atoms with Crippen LogP contribution in [-0.4, -0.2) is 71.4 Å². The van der Waals surface area contributed by atoms with Crippen molar-refractivity contribution in [2.75, 3.05) is 32.7 Å². The summed E-state index contributed by atoms with van der Waals surface area (Å²) in [5.74, 6) is 0. The maximum Gasteiger partial charge on any atom is 0.469 e. The first kappa shape index (κ1) is 23.7. The Hall–Kier alpha value is 0.668. The molecular weight excluding hydrogens is 381 g/mol. The van der Waals surface area contributed by atoms with Crippen LogP contribution < -0.4 is 5.32 Å². The van der Waals surface area contributed by atoms with Crippen LogP contribution in [0.15, 0.2) is 0 Å². The highest BCUT2D eigenvalue weighted by Crippen LogP contribution is 2.30. The van der Waals surface area contributed by atoms with Gasteiger partial charge in [-0.3, -0.25) is 0 Å². The Balaban J connectivity index is 2.87. The van der Waals surface area contributed by atoms with Crippen molar-refractivity contribution in [3.05, 3.63) is 0 Å². The lowest BCUT2D eigenvalue weighted by molar-refractivity contribution is 0.224. The highest BCUT2D eigenvalue weighted by molar-refractivity contribution is 6.90. The summed E-state index contributed by atoms with van der Waals surface area (Å²) >= 11 is 0. The van der Waals surface area contributed by atoms with Crippen LogP contribution in [0.3, 0.4) is 0 Å². The van der Waals surface area contributed by atoms with Gasteiger partial charge in [0.15, 0.2) is 25.0 Å². The SMILES string of the molecule is C[Si](C)(C)O[Si](CCCN1CCNCC1)(O[Si](C)(C)C)O[Si](C)(C)C. The number of nitrogens with zero attached hydrogens (tertiary/aromatic N) is 1. The van der Waals surface area contributed by atoms with Crippen LogP contribution in [0.5, 0.6) is 0 Å². The van der Waals surface area contributed by atoms with Gasteiger partial charge in [0.2, 0.25) is 0 Å². The van der Waals surface area contributed by atoms with E-state index in [1.807, 2.05) is 0 Å². The van der Waals surface area contributed by atoms with Gasteiger partial charge in [0.1, 0.15) is 0 Å².